The Kier molecular flexibility index (Phi) is 4.75. The third-order valence-electron chi connectivity index (χ3n) is 5.82. The number of hydrogen-bond donors (Lipinski definition) is 1. The number of amides is 1. The molecule has 1 aliphatic carbocycles. The lowest BCUT2D eigenvalue weighted by molar-refractivity contribution is 0.0945. The molecule has 1 saturated carbocycles. The number of carbonyl (C=O) groups is 1. The van der Waals surface area contributed by atoms with E-state index in [9.17, 15) is 9.59 Å². The van der Waals surface area contributed by atoms with Crippen LogP contribution in [0.1, 0.15) is 47.9 Å². The molecule has 5 rings (SSSR count). The fourth-order valence-electron chi connectivity index (χ4n) is 4.25. The van der Waals surface area contributed by atoms with E-state index in [0.717, 1.165) is 42.0 Å². The Morgan fingerprint density at radius 3 is 2.53 bits per heavy atom. The highest BCUT2D eigenvalue weighted by molar-refractivity contribution is 5.95. The zero-order valence-corrected chi connectivity index (χ0v) is 16.5. The Bertz CT molecular complexity index is 1310. The number of carbonyl (C=O) groups excluding carboxylic acids is 1. The van der Waals surface area contributed by atoms with Crippen LogP contribution < -0.4 is 10.9 Å². The van der Waals surface area contributed by atoms with Crippen LogP contribution in [0.4, 0.5) is 0 Å². The molecule has 1 fully saturated rings. The summed E-state index contributed by atoms with van der Waals surface area (Å²) in [6.45, 7) is 0.237. The smallest absolute Gasteiger partial charge is 0.274 e. The molecule has 0 saturated heterocycles. The third-order valence-corrected chi connectivity index (χ3v) is 5.82. The Morgan fingerprint density at radius 2 is 1.70 bits per heavy atom. The van der Waals surface area contributed by atoms with Crippen molar-refractivity contribution in [2.45, 2.75) is 38.3 Å². The zero-order chi connectivity index (χ0) is 20.5. The molecule has 6 heteroatoms. The molecule has 4 aromatic rings. The molecule has 1 aliphatic rings. The van der Waals surface area contributed by atoms with Crippen LogP contribution in [0.3, 0.4) is 0 Å². The summed E-state index contributed by atoms with van der Waals surface area (Å²) in [7, 11) is 0. The topological polar surface area (TPSA) is 76.9 Å². The lowest BCUT2D eigenvalue weighted by atomic mass is 10.1. The minimum atomic E-state index is -0.259. The second kappa shape index (κ2) is 7.71. The summed E-state index contributed by atoms with van der Waals surface area (Å²) in [5.41, 5.74) is 1.79. The van der Waals surface area contributed by atoms with E-state index in [-0.39, 0.29) is 24.1 Å². The maximum atomic E-state index is 13.0. The van der Waals surface area contributed by atoms with Gasteiger partial charge in [0, 0.05) is 10.8 Å². The van der Waals surface area contributed by atoms with Crippen LogP contribution in [-0.2, 0) is 6.54 Å². The van der Waals surface area contributed by atoms with Crippen molar-refractivity contribution in [2.24, 2.45) is 0 Å². The summed E-state index contributed by atoms with van der Waals surface area (Å²) in [5.74, 6) is -0.259. The number of pyridine rings is 1. The molecule has 0 unspecified atom stereocenters. The number of nitrogens with one attached hydrogen (secondary N) is 1. The van der Waals surface area contributed by atoms with E-state index in [1.54, 1.807) is 10.7 Å². The predicted octanol–water partition coefficient (Wildman–Crippen LogP) is 3.99. The zero-order valence-electron chi connectivity index (χ0n) is 16.5. The number of rotatable bonds is 4. The first kappa shape index (κ1) is 18.5. The summed E-state index contributed by atoms with van der Waals surface area (Å²) >= 11 is 0. The largest absolute Gasteiger partial charge is 0.345 e. The highest BCUT2D eigenvalue weighted by Crippen LogP contribution is 2.28. The summed E-state index contributed by atoms with van der Waals surface area (Å²) in [4.78, 5) is 30.1. The first-order valence-corrected chi connectivity index (χ1v) is 10.3. The molecule has 0 bridgehead atoms. The van der Waals surface area contributed by atoms with Crippen molar-refractivity contribution in [1.82, 2.24) is 20.1 Å². The Hall–Kier alpha value is -3.54. The van der Waals surface area contributed by atoms with Crippen molar-refractivity contribution < 1.29 is 4.79 Å². The van der Waals surface area contributed by atoms with Gasteiger partial charge in [-0.05, 0) is 31.0 Å². The summed E-state index contributed by atoms with van der Waals surface area (Å²) < 4.78 is 1.63. The molecule has 30 heavy (non-hydrogen) atoms. The Labute approximate surface area is 173 Å². The minimum absolute atomic E-state index is 0.0521. The summed E-state index contributed by atoms with van der Waals surface area (Å²) in [6.07, 6.45) is 4.17. The van der Waals surface area contributed by atoms with Gasteiger partial charge in [0.1, 0.15) is 5.69 Å². The molecule has 0 spiro atoms. The van der Waals surface area contributed by atoms with Gasteiger partial charge < -0.3 is 5.32 Å². The molecular weight excluding hydrogens is 376 g/mol. The van der Waals surface area contributed by atoms with Crippen molar-refractivity contribution in [3.8, 4) is 0 Å². The molecule has 2 heterocycles. The average molecular weight is 398 g/mol. The minimum Gasteiger partial charge on any atom is -0.345 e. The molecule has 0 radical (unpaired) electrons. The van der Waals surface area contributed by atoms with Gasteiger partial charge in [-0.25, -0.2) is 9.67 Å². The molecule has 0 aliphatic heterocycles. The van der Waals surface area contributed by atoms with E-state index < -0.39 is 0 Å². The number of nitrogens with zero attached hydrogens (tertiary/aromatic N) is 3. The van der Waals surface area contributed by atoms with Crippen LogP contribution in [0.25, 0.3) is 21.7 Å². The van der Waals surface area contributed by atoms with Gasteiger partial charge in [-0.2, -0.15) is 5.10 Å². The maximum Gasteiger partial charge on any atom is 0.274 e. The molecule has 150 valence electrons. The van der Waals surface area contributed by atoms with Crippen LogP contribution in [-0.4, -0.2) is 20.7 Å². The van der Waals surface area contributed by atoms with Gasteiger partial charge in [0.15, 0.2) is 0 Å². The van der Waals surface area contributed by atoms with E-state index in [2.05, 4.69) is 15.4 Å². The number of fused-ring (bicyclic) bond motifs is 2. The van der Waals surface area contributed by atoms with E-state index in [1.807, 2.05) is 54.6 Å². The van der Waals surface area contributed by atoms with Crippen molar-refractivity contribution in [3.63, 3.8) is 0 Å². The summed E-state index contributed by atoms with van der Waals surface area (Å²) in [5, 5.41) is 10.0. The highest BCUT2D eigenvalue weighted by atomic mass is 16.2. The highest BCUT2D eigenvalue weighted by Gasteiger charge is 2.21. The van der Waals surface area contributed by atoms with Crippen LogP contribution in [0, 0.1) is 0 Å². The predicted molar refractivity (Wildman–Crippen MR) is 116 cm³/mol. The molecule has 1 N–H and O–H groups in total. The first-order chi connectivity index (χ1) is 14.7. The molecule has 2 aromatic heterocycles. The number of hydrogen-bond acceptors (Lipinski definition) is 4. The van der Waals surface area contributed by atoms with Gasteiger partial charge in [0.2, 0.25) is 0 Å². The van der Waals surface area contributed by atoms with Crippen LogP contribution >= 0.6 is 0 Å². The van der Waals surface area contributed by atoms with Crippen molar-refractivity contribution >= 4 is 27.6 Å². The monoisotopic (exact) mass is 398 g/mol. The molecule has 1 amide bonds. The van der Waals surface area contributed by atoms with E-state index in [4.69, 9.17) is 0 Å². The normalized spacial score (nSPS) is 14.4. The Balaban J connectivity index is 1.46. The van der Waals surface area contributed by atoms with Gasteiger partial charge in [-0.1, -0.05) is 55.3 Å². The first-order valence-electron chi connectivity index (χ1n) is 10.3. The fraction of sp³-hybridized carbons (Fsp3) is 0.250. The van der Waals surface area contributed by atoms with Crippen LogP contribution in [0.15, 0.2) is 65.5 Å². The standard InChI is InChI=1S/C24H22N4O2/c29-23(21-14-13-16-7-1-6-12-20(16)26-21)25-15-22-18-10-4-5-11-19(18)24(30)28(27-22)17-8-2-3-9-17/h1,4-7,10-14,17H,2-3,8-9,15H2,(H,25,29). The molecular formula is C24H22N4O2. The van der Waals surface area contributed by atoms with Gasteiger partial charge in [-0.15, -0.1) is 0 Å². The van der Waals surface area contributed by atoms with Gasteiger partial charge in [0.05, 0.1) is 29.2 Å². The van der Waals surface area contributed by atoms with E-state index in [1.165, 1.54) is 0 Å². The van der Waals surface area contributed by atoms with Gasteiger partial charge in [-0.3, -0.25) is 9.59 Å². The quantitative estimate of drug-likeness (QED) is 0.564. The fourth-order valence-corrected chi connectivity index (χ4v) is 4.25. The number of aromatic nitrogens is 3. The summed E-state index contributed by atoms with van der Waals surface area (Å²) in [6, 6.07) is 18.9. The second-order valence-corrected chi connectivity index (χ2v) is 7.75. The third kappa shape index (κ3) is 3.34. The second-order valence-electron chi connectivity index (χ2n) is 7.75. The van der Waals surface area contributed by atoms with Gasteiger partial charge >= 0.3 is 0 Å². The molecule has 2 aromatic carbocycles. The van der Waals surface area contributed by atoms with Crippen LogP contribution in [0.2, 0.25) is 0 Å². The molecule has 0 atom stereocenters. The van der Waals surface area contributed by atoms with Crippen LogP contribution in [0.5, 0.6) is 0 Å². The van der Waals surface area contributed by atoms with E-state index >= 15 is 0 Å². The lowest BCUT2D eigenvalue weighted by Gasteiger charge is -2.16. The maximum absolute atomic E-state index is 13.0. The SMILES string of the molecule is O=C(NCc1nn(C2CCCC2)c(=O)c2ccccc12)c1ccc2ccccc2n1. The lowest BCUT2D eigenvalue weighted by Crippen LogP contribution is -2.30. The van der Waals surface area contributed by atoms with Crippen molar-refractivity contribution in [1.29, 1.82) is 0 Å². The Morgan fingerprint density at radius 1 is 0.967 bits per heavy atom. The van der Waals surface area contributed by atoms with Gasteiger partial charge in [0.25, 0.3) is 11.5 Å². The number of benzene rings is 2. The average Bonchev–Trinajstić information content (AvgIpc) is 3.33. The van der Waals surface area contributed by atoms with Crippen molar-refractivity contribution in [2.75, 3.05) is 0 Å². The van der Waals surface area contributed by atoms with E-state index in [0.29, 0.717) is 16.8 Å². The number of para-hydroxylation sites is 1. The van der Waals surface area contributed by atoms with Crippen molar-refractivity contribution in [3.05, 3.63) is 82.4 Å². The molecule has 6 nitrogen and oxygen atoms in total.